The summed E-state index contributed by atoms with van der Waals surface area (Å²) in [6, 6.07) is 0.512. The minimum atomic E-state index is -0.710. The fourth-order valence-corrected chi connectivity index (χ4v) is 1.91. The molecule has 1 N–H and O–H groups in total. The summed E-state index contributed by atoms with van der Waals surface area (Å²) in [7, 11) is 0. The van der Waals surface area contributed by atoms with Gasteiger partial charge >= 0.3 is 12.0 Å². The molecule has 0 spiro atoms. The van der Waals surface area contributed by atoms with Gasteiger partial charge in [-0.25, -0.2) is 0 Å². The van der Waals surface area contributed by atoms with Crippen LogP contribution < -0.4 is 4.90 Å². The number of aromatic nitrogens is 2. The van der Waals surface area contributed by atoms with E-state index in [0.717, 1.165) is 0 Å². The topological polar surface area (TPSA) is 79.5 Å². The Kier molecular flexibility index (Phi) is 3.31. The summed E-state index contributed by atoms with van der Waals surface area (Å²) < 4.78 is 5.18. The van der Waals surface area contributed by atoms with Crippen LogP contribution in [0.1, 0.15) is 38.4 Å². The summed E-state index contributed by atoms with van der Waals surface area (Å²) >= 11 is 0. The monoisotopic (exact) mass is 239 g/mol. The molecular weight excluding hydrogens is 222 g/mol. The van der Waals surface area contributed by atoms with Gasteiger partial charge in [0.1, 0.15) is 0 Å². The lowest BCUT2D eigenvalue weighted by Crippen LogP contribution is -2.36. The molecule has 2 rings (SSSR count). The molecule has 0 aliphatic carbocycles. The van der Waals surface area contributed by atoms with Crippen molar-refractivity contribution in [3.63, 3.8) is 0 Å². The first kappa shape index (κ1) is 11.9. The second-order valence-electron chi connectivity index (χ2n) is 4.69. The van der Waals surface area contributed by atoms with E-state index in [2.05, 4.69) is 10.1 Å². The summed E-state index contributed by atoms with van der Waals surface area (Å²) in [5.74, 6) is -0.0128. The molecule has 0 atom stereocenters. The summed E-state index contributed by atoms with van der Waals surface area (Å²) in [6.45, 7) is 5.34. The first-order valence-electron chi connectivity index (χ1n) is 5.89. The molecule has 0 aromatic carbocycles. The maximum atomic E-state index is 10.8. The lowest BCUT2D eigenvalue weighted by atomic mass is 9.97. The number of carboxylic acids is 1. The molecule has 0 radical (unpaired) electrons. The predicted molar refractivity (Wildman–Crippen MR) is 61.0 cm³/mol. The maximum absolute atomic E-state index is 10.8. The van der Waals surface area contributed by atoms with Gasteiger partial charge in [0.25, 0.3) is 0 Å². The van der Waals surface area contributed by atoms with Gasteiger partial charge in [-0.3, -0.25) is 4.79 Å². The van der Waals surface area contributed by atoms with Gasteiger partial charge in [0.05, 0.1) is 5.92 Å². The van der Waals surface area contributed by atoms with Crippen molar-refractivity contribution in [1.82, 2.24) is 10.1 Å². The third-order valence-electron chi connectivity index (χ3n) is 3.06. The summed E-state index contributed by atoms with van der Waals surface area (Å²) in [6.07, 6.45) is 1.27. The first-order valence-corrected chi connectivity index (χ1v) is 5.89. The predicted octanol–water partition coefficient (Wildman–Crippen LogP) is 1.49. The standard InChI is InChI=1S/C11H17N3O3/c1-7(2)9-12-11(17-13-9)14-5-3-8(4-6-14)10(15)16/h7-8H,3-6H2,1-2H3,(H,15,16). The van der Waals surface area contributed by atoms with E-state index in [0.29, 0.717) is 37.8 Å². The van der Waals surface area contributed by atoms with Gasteiger partial charge in [0.2, 0.25) is 0 Å². The second kappa shape index (κ2) is 4.73. The molecule has 1 aliphatic heterocycles. The molecule has 1 fully saturated rings. The van der Waals surface area contributed by atoms with E-state index in [1.54, 1.807) is 0 Å². The molecule has 2 heterocycles. The van der Waals surface area contributed by atoms with Crippen molar-refractivity contribution in [2.24, 2.45) is 5.92 Å². The van der Waals surface area contributed by atoms with Crippen molar-refractivity contribution in [2.75, 3.05) is 18.0 Å². The van der Waals surface area contributed by atoms with Gasteiger partial charge < -0.3 is 14.5 Å². The van der Waals surface area contributed by atoms with E-state index in [1.807, 2.05) is 18.7 Å². The number of hydrogen-bond acceptors (Lipinski definition) is 5. The maximum Gasteiger partial charge on any atom is 0.324 e. The van der Waals surface area contributed by atoms with Gasteiger partial charge in [-0.15, -0.1) is 0 Å². The smallest absolute Gasteiger partial charge is 0.324 e. The normalized spacial score (nSPS) is 17.7. The van der Waals surface area contributed by atoms with Crippen LogP contribution in [0.3, 0.4) is 0 Å². The number of aliphatic carboxylic acids is 1. The molecule has 94 valence electrons. The van der Waals surface area contributed by atoms with Crippen LogP contribution in [0.25, 0.3) is 0 Å². The zero-order valence-electron chi connectivity index (χ0n) is 10.1. The minimum Gasteiger partial charge on any atom is -0.481 e. The first-order chi connectivity index (χ1) is 8.08. The summed E-state index contributed by atoms with van der Waals surface area (Å²) in [5.41, 5.74) is 0. The van der Waals surface area contributed by atoms with Gasteiger partial charge in [-0.2, -0.15) is 4.98 Å². The molecule has 1 aromatic heterocycles. The lowest BCUT2D eigenvalue weighted by Gasteiger charge is -2.28. The van der Waals surface area contributed by atoms with Crippen LogP contribution in [-0.2, 0) is 4.79 Å². The highest BCUT2D eigenvalue weighted by atomic mass is 16.5. The summed E-state index contributed by atoms with van der Waals surface area (Å²) in [4.78, 5) is 17.1. The summed E-state index contributed by atoms with van der Waals surface area (Å²) in [5, 5.41) is 12.8. The van der Waals surface area contributed by atoms with Crippen LogP contribution in [0.4, 0.5) is 6.01 Å². The number of rotatable bonds is 3. The lowest BCUT2D eigenvalue weighted by molar-refractivity contribution is -0.142. The number of carboxylic acid groups (broad SMARTS) is 1. The van der Waals surface area contributed by atoms with Crippen molar-refractivity contribution in [1.29, 1.82) is 0 Å². The minimum absolute atomic E-state index is 0.237. The van der Waals surface area contributed by atoms with Gasteiger partial charge in [0, 0.05) is 19.0 Å². The van der Waals surface area contributed by atoms with E-state index < -0.39 is 5.97 Å². The van der Waals surface area contributed by atoms with Crippen LogP contribution >= 0.6 is 0 Å². The molecule has 0 unspecified atom stereocenters. The average molecular weight is 239 g/mol. The fourth-order valence-electron chi connectivity index (χ4n) is 1.91. The molecule has 6 heteroatoms. The highest BCUT2D eigenvalue weighted by Gasteiger charge is 2.27. The van der Waals surface area contributed by atoms with Gasteiger partial charge in [-0.1, -0.05) is 19.0 Å². The number of carbonyl (C=O) groups is 1. The zero-order chi connectivity index (χ0) is 12.4. The molecule has 1 aromatic rings. The third kappa shape index (κ3) is 2.57. The average Bonchev–Trinajstić information content (AvgIpc) is 2.78. The van der Waals surface area contributed by atoms with Crippen LogP contribution in [0, 0.1) is 5.92 Å². The number of anilines is 1. The van der Waals surface area contributed by atoms with Crippen LogP contribution in [-0.4, -0.2) is 34.3 Å². The number of hydrogen-bond donors (Lipinski definition) is 1. The molecule has 17 heavy (non-hydrogen) atoms. The zero-order valence-corrected chi connectivity index (χ0v) is 10.1. The third-order valence-corrected chi connectivity index (χ3v) is 3.06. The van der Waals surface area contributed by atoms with E-state index in [-0.39, 0.29) is 11.8 Å². The Morgan fingerprint density at radius 1 is 1.47 bits per heavy atom. The van der Waals surface area contributed by atoms with Gasteiger partial charge in [-0.05, 0) is 12.8 Å². The quantitative estimate of drug-likeness (QED) is 0.860. The molecular formula is C11H17N3O3. The Balaban J connectivity index is 1.98. The Bertz CT molecular complexity index is 394. The van der Waals surface area contributed by atoms with Crippen LogP contribution in [0.15, 0.2) is 4.52 Å². The van der Waals surface area contributed by atoms with E-state index >= 15 is 0 Å². The fraction of sp³-hybridized carbons (Fsp3) is 0.727. The molecule has 1 saturated heterocycles. The molecule has 0 bridgehead atoms. The van der Waals surface area contributed by atoms with E-state index in [9.17, 15) is 4.79 Å². The largest absolute Gasteiger partial charge is 0.481 e. The molecule has 0 amide bonds. The SMILES string of the molecule is CC(C)c1noc(N2CCC(C(=O)O)CC2)n1. The Labute approximate surface area is 99.6 Å². The van der Waals surface area contributed by atoms with Crippen LogP contribution in [0.2, 0.25) is 0 Å². The van der Waals surface area contributed by atoms with Crippen molar-refractivity contribution in [3.8, 4) is 0 Å². The number of nitrogens with zero attached hydrogens (tertiary/aromatic N) is 3. The number of piperidine rings is 1. The Morgan fingerprint density at radius 3 is 2.59 bits per heavy atom. The Hall–Kier alpha value is -1.59. The van der Waals surface area contributed by atoms with Crippen molar-refractivity contribution in [3.05, 3.63) is 5.82 Å². The Morgan fingerprint density at radius 2 is 2.12 bits per heavy atom. The van der Waals surface area contributed by atoms with E-state index in [4.69, 9.17) is 9.63 Å². The highest BCUT2D eigenvalue weighted by Crippen LogP contribution is 2.23. The van der Waals surface area contributed by atoms with E-state index in [1.165, 1.54) is 0 Å². The molecule has 0 saturated carbocycles. The van der Waals surface area contributed by atoms with Crippen molar-refractivity contribution >= 4 is 12.0 Å². The van der Waals surface area contributed by atoms with Crippen molar-refractivity contribution < 1.29 is 14.4 Å². The second-order valence-corrected chi connectivity index (χ2v) is 4.69. The molecule has 6 nitrogen and oxygen atoms in total. The van der Waals surface area contributed by atoms with Crippen LogP contribution in [0.5, 0.6) is 0 Å². The highest BCUT2D eigenvalue weighted by molar-refractivity contribution is 5.70. The molecule has 1 aliphatic rings. The van der Waals surface area contributed by atoms with Gasteiger partial charge in [0.15, 0.2) is 5.82 Å². The van der Waals surface area contributed by atoms with Crippen molar-refractivity contribution in [2.45, 2.75) is 32.6 Å².